The Hall–Kier alpha value is -1.30. The SMILES string of the molecule is COCC(C)N(C)C(=O)N1C[C@@H](C)[C@H](C(=O)O)C1. The number of likely N-dealkylation sites (tertiary alicyclic amines) is 1. The summed E-state index contributed by atoms with van der Waals surface area (Å²) < 4.78 is 5.01. The van der Waals surface area contributed by atoms with E-state index in [-0.39, 0.29) is 18.0 Å². The molecule has 1 saturated heterocycles. The number of hydrogen-bond acceptors (Lipinski definition) is 3. The molecule has 1 unspecified atom stereocenters. The summed E-state index contributed by atoms with van der Waals surface area (Å²) in [7, 11) is 3.30. The van der Waals surface area contributed by atoms with Gasteiger partial charge in [-0.25, -0.2) is 4.79 Å². The molecule has 0 radical (unpaired) electrons. The number of carboxylic acid groups (broad SMARTS) is 1. The third kappa shape index (κ3) is 3.13. The number of methoxy groups -OCH3 is 1. The fraction of sp³-hybridized carbons (Fsp3) is 0.833. The van der Waals surface area contributed by atoms with Gasteiger partial charge >= 0.3 is 12.0 Å². The molecule has 0 saturated carbocycles. The number of amides is 2. The summed E-state index contributed by atoms with van der Waals surface area (Å²) in [6.45, 7) is 5.02. The number of carbonyl (C=O) groups excluding carboxylic acids is 1. The highest BCUT2D eigenvalue weighted by Gasteiger charge is 2.38. The van der Waals surface area contributed by atoms with Crippen LogP contribution in [0.2, 0.25) is 0 Å². The highest BCUT2D eigenvalue weighted by Crippen LogP contribution is 2.24. The first-order chi connectivity index (χ1) is 8.38. The Kier molecular flexibility index (Phi) is 4.95. The zero-order valence-corrected chi connectivity index (χ0v) is 11.4. The number of rotatable bonds is 4. The molecule has 1 fully saturated rings. The van der Waals surface area contributed by atoms with Crippen LogP contribution in [0.3, 0.4) is 0 Å². The predicted octanol–water partition coefficient (Wildman–Crippen LogP) is 0.726. The van der Waals surface area contributed by atoms with Gasteiger partial charge in [0.2, 0.25) is 0 Å². The molecule has 0 aliphatic carbocycles. The highest BCUT2D eigenvalue weighted by atomic mass is 16.5. The first-order valence-corrected chi connectivity index (χ1v) is 6.12. The maximum absolute atomic E-state index is 12.2. The van der Waals surface area contributed by atoms with Crippen LogP contribution < -0.4 is 0 Å². The minimum atomic E-state index is -0.828. The molecule has 0 aromatic rings. The van der Waals surface area contributed by atoms with Crippen LogP contribution >= 0.6 is 0 Å². The van der Waals surface area contributed by atoms with Gasteiger partial charge in [0, 0.05) is 27.2 Å². The largest absolute Gasteiger partial charge is 0.481 e. The lowest BCUT2D eigenvalue weighted by atomic mass is 9.99. The topological polar surface area (TPSA) is 70.1 Å². The van der Waals surface area contributed by atoms with Crippen LogP contribution in [0.4, 0.5) is 4.79 Å². The average Bonchev–Trinajstić information content (AvgIpc) is 2.69. The van der Waals surface area contributed by atoms with Crippen LogP contribution in [0.15, 0.2) is 0 Å². The van der Waals surface area contributed by atoms with Crippen molar-refractivity contribution in [3.8, 4) is 0 Å². The molecular weight excluding hydrogens is 236 g/mol. The molecule has 0 aromatic heterocycles. The predicted molar refractivity (Wildman–Crippen MR) is 66.4 cm³/mol. The molecule has 1 aliphatic rings. The summed E-state index contributed by atoms with van der Waals surface area (Å²) in [5.41, 5.74) is 0. The van der Waals surface area contributed by atoms with Crippen molar-refractivity contribution in [2.75, 3.05) is 33.9 Å². The van der Waals surface area contributed by atoms with Gasteiger partial charge in [0.05, 0.1) is 18.6 Å². The van der Waals surface area contributed by atoms with E-state index in [4.69, 9.17) is 9.84 Å². The monoisotopic (exact) mass is 258 g/mol. The van der Waals surface area contributed by atoms with E-state index in [1.165, 1.54) is 0 Å². The van der Waals surface area contributed by atoms with Crippen LogP contribution in [-0.4, -0.2) is 66.8 Å². The normalized spacial score (nSPS) is 25.0. The molecule has 0 bridgehead atoms. The molecule has 1 rings (SSSR count). The molecule has 1 N–H and O–H groups in total. The van der Waals surface area contributed by atoms with Crippen LogP contribution in [0.25, 0.3) is 0 Å². The third-order valence-electron chi connectivity index (χ3n) is 3.57. The van der Waals surface area contributed by atoms with Crippen molar-refractivity contribution >= 4 is 12.0 Å². The summed E-state index contributed by atoms with van der Waals surface area (Å²) in [5.74, 6) is -1.29. The number of ether oxygens (including phenoxy) is 1. The molecule has 3 atom stereocenters. The van der Waals surface area contributed by atoms with Crippen LogP contribution in [-0.2, 0) is 9.53 Å². The van der Waals surface area contributed by atoms with Crippen molar-refractivity contribution in [2.24, 2.45) is 11.8 Å². The van der Waals surface area contributed by atoms with Gasteiger partial charge in [-0.1, -0.05) is 6.92 Å². The summed E-state index contributed by atoms with van der Waals surface area (Å²) >= 11 is 0. The van der Waals surface area contributed by atoms with Gasteiger partial charge in [0.1, 0.15) is 0 Å². The fourth-order valence-corrected chi connectivity index (χ4v) is 2.21. The van der Waals surface area contributed by atoms with Crippen molar-refractivity contribution < 1.29 is 19.4 Å². The zero-order chi connectivity index (χ0) is 13.9. The van der Waals surface area contributed by atoms with Crippen molar-refractivity contribution in [3.63, 3.8) is 0 Å². The van der Waals surface area contributed by atoms with E-state index in [0.717, 1.165) is 0 Å². The van der Waals surface area contributed by atoms with E-state index in [1.807, 2.05) is 13.8 Å². The third-order valence-corrected chi connectivity index (χ3v) is 3.57. The number of likely N-dealkylation sites (N-methyl/N-ethyl adjacent to an activating group) is 1. The zero-order valence-electron chi connectivity index (χ0n) is 11.4. The lowest BCUT2D eigenvalue weighted by Gasteiger charge is -2.29. The van der Waals surface area contributed by atoms with Crippen molar-refractivity contribution in [1.29, 1.82) is 0 Å². The second kappa shape index (κ2) is 6.04. The summed E-state index contributed by atoms with van der Waals surface area (Å²) in [6, 6.07) is -0.156. The average molecular weight is 258 g/mol. The maximum Gasteiger partial charge on any atom is 0.320 e. The molecule has 0 aromatic carbocycles. The quantitative estimate of drug-likeness (QED) is 0.807. The summed E-state index contributed by atoms with van der Waals surface area (Å²) in [5, 5.41) is 9.04. The lowest BCUT2D eigenvalue weighted by Crippen LogP contribution is -2.45. The van der Waals surface area contributed by atoms with Crippen LogP contribution in [0.1, 0.15) is 13.8 Å². The first-order valence-electron chi connectivity index (χ1n) is 6.12. The number of carbonyl (C=O) groups is 2. The Morgan fingerprint density at radius 2 is 2.11 bits per heavy atom. The van der Waals surface area contributed by atoms with Crippen molar-refractivity contribution in [2.45, 2.75) is 19.9 Å². The minimum absolute atomic E-state index is 0.00224. The minimum Gasteiger partial charge on any atom is -0.481 e. The Bertz CT molecular complexity index is 321. The van der Waals surface area contributed by atoms with E-state index in [2.05, 4.69) is 0 Å². The van der Waals surface area contributed by atoms with Crippen molar-refractivity contribution in [1.82, 2.24) is 9.80 Å². The lowest BCUT2D eigenvalue weighted by molar-refractivity contribution is -0.142. The molecule has 6 nitrogen and oxygen atoms in total. The second-order valence-corrected chi connectivity index (χ2v) is 5.02. The van der Waals surface area contributed by atoms with Gasteiger partial charge in [-0.15, -0.1) is 0 Å². The number of aliphatic carboxylic acids is 1. The Morgan fingerprint density at radius 3 is 2.56 bits per heavy atom. The first kappa shape index (κ1) is 14.8. The molecule has 18 heavy (non-hydrogen) atoms. The van der Waals surface area contributed by atoms with E-state index in [9.17, 15) is 9.59 Å². The van der Waals surface area contributed by atoms with Gasteiger partial charge in [-0.2, -0.15) is 0 Å². The van der Waals surface area contributed by atoms with Gasteiger partial charge in [0.15, 0.2) is 0 Å². The molecule has 2 amide bonds. The number of hydrogen-bond donors (Lipinski definition) is 1. The fourth-order valence-electron chi connectivity index (χ4n) is 2.21. The van der Waals surface area contributed by atoms with Gasteiger partial charge in [-0.05, 0) is 12.8 Å². The molecular formula is C12H22N2O4. The number of carboxylic acids is 1. The van der Waals surface area contributed by atoms with Gasteiger partial charge in [0.25, 0.3) is 0 Å². The van der Waals surface area contributed by atoms with Gasteiger partial charge in [-0.3, -0.25) is 4.79 Å². The summed E-state index contributed by atoms with van der Waals surface area (Å²) in [4.78, 5) is 26.4. The molecule has 104 valence electrons. The standard InChI is InChI=1S/C12H22N2O4/c1-8-5-14(6-10(8)11(15)16)12(17)13(3)9(2)7-18-4/h8-10H,5-7H2,1-4H3,(H,15,16)/t8-,9?,10-/m1/s1. The summed E-state index contributed by atoms with van der Waals surface area (Å²) in [6.07, 6.45) is 0. The maximum atomic E-state index is 12.2. The van der Waals surface area contributed by atoms with E-state index < -0.39 is 11.9 Å². The molecule has 1 heterocycles. The number of nitrogens with zero attached hydrogens (tertiary/aromatic N) is 2. The number of urea groups is 1. The molecule has 6 heteroatoms. The molecule has 0 spiro atoms. The van der Waals surface area contributed by atoms with Crippen LogP contribution in [0, 0.1) is 11.8 Å². The smallest absolute Gasteiger partial charge is 0.320 e. The second-order valence-electron chi connectivity index (χ2n) is 5.02. The van der Waals surface area contributed by atoms with Crippen molar-refractivity contribution in [3.05, 3.63) is 0 Å². The highest BCUT2D eigenvalue weighted by molar-refractivity contribution is 5.77. The Labute approximate surface area is 107 Å². The molecule has 1 aliphatic heterocycles. The van der Waals surface area contributed by atoms with Gasteiger partial charge < -0.3 is 19.6 Å². The van der Waals surface area contributed by atoms with Crippen LogP contribution in [0.5, 0.6) is 0 Å². The van der Waals surface area contributed by atoms with E-state index in [0.29, 0.717) is 19.7 Å². The van der Waals surface area contributed by atoms with E-state index in [1.54, 1.807) is 24.0 Å². The Morgan fingerprint density at radius 1 is 1.50 bits per heavy atom. The van der Waals surface area contributed by atoms with E-state index >= 15 is 0 Å². The Balaban J connectivity index is 2.61.